The zero-order chi connectivity index (χ0) is 12.4. The molecule has 1 nitrogen and oxygen atoms in total. The van der Waals surface area contributed by atoms with Crippen molar-refractivity contribution in [3.63, 3.8) is 0 Å². The van der Waals surface area contributed by atoms with Gasteiger partial charge in [-0.1, -0.05) is 35.3 Å². The van der Waals surface area contributed by atoms with E-state index in [4.69, 9.17) is 23.2 Å². The summed E-state index contributed by atoms with van der Waals surface area (Å²) in [4.78, 5) is 10.9. The lowest BCUT2D eigenvalue weighted by Crippen LogP contribution is -1.92. The molecule has 2 rings (SSSR count). The maximum atomic E-state index is 13.7. The van der Waals surface area contributed by atoms with Crippen LogP contribution in [-0.2, 0) is 0 Å². The fourth-order valence-electron chi connectivity index (χ4n) is 1.64. The summed E-state index contributed by atoms with van der Waals surface area (Å²) < 4.78 is 13.7. The second-order valence-electron chi connectivity index (χ2n) is 3.48. The van der Waals surface area contributed by atoms with Crippen LogP contribution in [0.4, 0.5) is 4.39 Å². The molecule has 4 heteroatoms. The summed E-state index contributed by atoms with van der Waals surface area (Å²) in [5.41, 5.74) is 0.970. The molecular weight excluding hydrogens is 262 g/mol. The molecule has 0 aromatic heterocycles. The lowest BCUT2D eigenvalue weighted by Gasteiger charge is -2.07. The molecule has 0 atom stereocenters. The van der Waals surface area contributed by atoms with Gasteiger partial charge in [-0.05, 0) is 29.8 Å². The Kier molecular flexibility index (Phi) is 3.46. The van der Waals surface area contributed by atoms with Gasteiger partial charge in [-0.2, -0.15) is 0 Å². The molecule has 0 N–H and O–H groups in total. The van der Waals surface area contributed by atoms with Crippen LogP contribution < -0.4 is 0 Å². The molecule has 0 radical (unpaired) electrons. The minimum atomic E-state index is -0.479. The van der Waals surface area contributed by atoms with Crippen molar-refractivity contribution >= 4 is 29.5 Å². The largest absolute Gasteiger partial charge is 0.298 e. The van der Waals surface area contributed by atoms with Gasteiger partial charge in [0.05, 0.1) is 0 Å². The van der Waals surface area contributed by atoms with Gasteiger partial charge in [0.2, 0.25) is 0 Å². The SMILES string of the molecule is O=Cc1cccc(F)c1-c1cc(Cl)cc(Cl)c1. The van der Waals surface area contributed by atoms with Crippen LogP contribution in [0.5, 0.6) is 0 Å². The van der Waals surface area contributed by atoms with E-state index in [1.165, 1.54) is 12.1 Å². The molecule has 17 heavy (non-hydrogen) atoms. The lowest BCUT2D eigenvalue weighted by molar-refractivity contribution is 0.112. The van der Waals surface area contributed by atoms with E-state index >= 15 is 0 Å². The van der Waals surface area contributed by atoms with Crippen molar-refractivity contribution in [2.24, 2.45) is 0 Å². The van der Waals surface area contributed by atoms with Gasteiger partial charge in [0, 0.05) is 21.2 Å². The molecule has 0 saturated heterocycles. The second-order valence-corrected chi connectivity index (χ2v) is 4.35. The van der Waals surface area contributed by atoms with Gasteiger partial charge in [-0.25, -0.2) is 4.39 Å². The van der Waals surface area contributed by atoms with Crippen LogP contribution in [0.3, 0.4) is 0 Å². The Bertz CT molecular complexity index is 561. The van der Waals surface area contributed by atoms with Gasteiger partial charge < -0.3 is 0 Å². The predicted molar refractivity (Wildman–Crippen MR) is 67.2 cm³/mol. The second kappa shape index (κ2) is 4.86. The first-order valence-corrected chi connectivity index (χ1v) is 5.57. The number of benzene rings is 2. The molecule has 2 aromatic carbocycles. The Morgan fingerprint density at radius 2 is 1.71 bits per heavy atom. The lowest BCUT2D eigenvalue weighted by atomic mass is 10.00. The van der Waals surface area contributed by atoms with E-state index in [9.17, 15) is 9.18 Å². The van der Waals surface area contributed by atoms with Gasteiger partial charge in [0.1, 0.15) is 5.82 Å². The van der Waals surface area contributed by atoms with E-state index in [0.29, 0.717) is 21.9 Å². The molecule has 0 fully saturated rings. The maximum Gasteiger partial charge on any atom is 0.150 e. The van der Waals surface area contributed by atoms with Crippen molar-refractivity contribution in [1.82, 2.24) is 0 Å². The van der Waals surface area contributed by atoms with Gasteiger partial charge in [0.15, 0.2) is 6.29 Å². The summed E-state index contributed by atoms with van der Waals surface area (Å²) in [6.45, 7) is 0. The molecule has 0 aliphatic carbocycles. The first-order chi connectivity index (χ1) is 8.11. The van der Waals surface area contributed by atoms with Crippen molar-refractivity contribution < 1.29 is 9.18 Å². The van der Waals surface area contributed by atoms with E-state index in [1.807, 2.05) is 0 Å². The molecule has 86 valence electrons. The average Bonchev–Trinajstić information content (AvgIpc) is 2.27. The minimum absolute atomic E-state index is 0.215. The highest BCUT2D eigenvalue weighted by Gasteiger charge is 2.11. The van der Waals surface area contributed by atoms with Crippen molar-refractivity contribution in [1.29, 1.82) is 0 Å². The fourth-order valence-corrected chi connectivity index (χ4v) is 2.17. The maximum absolute atomic E-state index is 13.7. The summed E-state index contributed by atoms with van der Waals surface area (Å²) >= 11 is 11.7. The minimum Gasteiger partial charge on any atom is -0.298 e. The molecule has 0 spiro atoms. The summed E-state index contributed by atoms with van der Waals surface area (Å²) in [7, 11) is 0. The van der Waals surface area contributed by atoms with Gasteiger partial charge in [0.25, 0.3) is 0 Å². The summed E-state index contributed by atoms with van der Waals surface area (Å²) in [5.74, 6) is -0.479. The summed E-state index contributed by atoms with van der Waals surface area (Å²) in [6, 6.07) is 9.00. The van der Waals surface area contributed by atoms with E-state index in [0.717, 1.165) is 0 Å². The van der Waals surface area contributed by atoms with E-state index < -0.39 is 5.82 Å². The number of hydrogen-bond donors (Lipinski definition) is 0. The topological polar surface area (TPSA) is 17.1 Å². The van der Waals surface area contributed by atoms with E-state index in [-0.39, 0.29) is 11.1 Å². The van der Waals surface area contributed by atoms with E-state index in [2.05, 4.69) is 0 Å². The standard InChI is InChI=1S/C13H7Cl2FO/c14-10-4-9(5-11(15)6-10)13-8(7-17)2-1-3-12(13)16/h1-7H. The molecule has 0 saturated carbocycles. The Morgan fingerprint density at radius 3 is 2.29 bits per heavy atom. The molecule has 0 aliphatic heterocycles. The molecule has 0 bridgehead atoms. The Balaban J connectivity index is 2.71. The number of aldehydes is 1. The third-order valence-corrected chi connectivity index (χ3v) is 2.76. The normalized spacial score (nSPS) is 10.3. The third kappa shape index (κ3) is 2.48. The van der Waals surface area contributed by atoms with Crippen molar-refractivity contribution in [3.8, 4) is 11.1 Å². The first-order valence-electron chi connectivity index (χ1n) is 4.82. The quantitative estimate of drug-likeness (QED) is 0.727. The van der Waals surface area contributed by atoms with E-state index in [1.54, 1.807) is 24.3 Å². The summed E-state index contributed by atoms with van der Waals surface area (Å²) in [5, 5.41) is 0.792. The molecule has 2 aromatic rings. The van der Waals surface area contributed by atoms with Crippen LogP contribution in [0.15, 0.2) is 36.4 Å². The van der Waals surface area contributed by atoms with Gasteiger partial charge in [-0.3, -0.25) is 4.79 Å². The van der Waals surface area contributed by atoms with Crippen LogP contribution in [0.2, 0.25) is 10.0 Å². The van der Waals surface area contributed by atoms with Crippen LogP contribution >= 0.6 is 23.2 Å². The highest BCUT2D eigenvalue weighted by Crippen LogP contribution is 2.30. The smallest absolute Gasteiger partial charge is 0.150 e. The fraction of sp³-hybridized carbons (Fsp3) is 0. The Hall–Kier alpha value is -1.38. The van der Waals surface area contributed by atoms with Crippen LogP contribution in [0.1, 0.15) is 10.4 Å². The predicted octanol–water partition coefficient (Wildman–Crippen LogP) is 4.61. The Morgan fingerprint density at radius 1 is 1.06 bits per heavy atom. The van der Waals surface area contributed by atoms with Crippen LogP contribution in [-0.4, -0.2) is 6.29 Å². The molecule has 0 unspecified atom stereocenters. The Labute approximate surface area is 108 Å². The summed E-state index contributed by atoms with van der Waals surface area (Å²) in [6.07, 6.45) is 0.604. The number of halogens is 3. The van der Waals surface area contributed by atoms with Gasteiger partial charge in [-0.15, -0.1) is 0 Å². The zero-order valence-corrected chi connectivity index (χ0v) is 10.1. The van der Waals surface area contributed by atoms with Crippen LogP contribution in [0.25, 0.3) is 11.1 Å². The zero-order valence-electron chi connectivity index (χ0n) is 8.58. The number of hydrogen-bond acceptors (Lipinski definition) is 1. The first kappa shape index (κ1) is 12.1. The van der Waals surface area contributed by atoms with Gasteiger partial charge >= 0.3 is 0 Å². The van der Waals surface area contributed by atoms with Crippen LogP contribution in [0, 0.1) is 5.82 Å². The van der Waals surface area contributed by atoms with Crippen molar-refractivity contribution in [2.75, 3.05) is 0 Å². The average molecular weight is 269 g/mol. The third-order valence-electron chi connectivity index (χ3n) is 2.32. The molecule has 0 aliphatic rings. The highest BCUT2D eigenvalue weighted by molar-refractivity contribution is 6.35. The van der Waals surface area contributed by atoms with Crippen molar-refractivity contribution in [3.05, 3.63) is 57.8 Å². The molecular formula is C13H7Cl2FO. The number of carbonyl (C=O) groups excluding carboxylic acids is 1. The molecule has 0 heterocycles. The number of carbonyl (C=O) groups is 1. The van der Waals surface area contributed by atoms with Crippen molar-refractivity contribution in [2.45, 2.75) is 0 Å². The highest BCUT2D eigenvalue weighted by atomic mass is 35.5. The number of rotatable bonds is 2. The monoisotopic (exact) mass is 268 g/mol. The molecule has 0 amide bonds.